The fourth-order valence-electron chi connectivity index (χ4n) is 2.45. The summed E-state index contributed by atoms with van der Waals surface area (Å²) >= 11 is 5.89. The largest absolute Gasteiger partial charge is 0.384 e. The van der Waals surface area contributed by atoms with Crippen LogP contribution in [0.4, 0.5) is 10.1 Å². The quantitative estimate of drug-likeness (QED) is 0.810. The smallest absolute Gasteiger partial charge is 0.123 e. The van der Waals surface area contributed by atoms with Gasteiger partial charge in [-0.25, -0.2) is 4.39 Å². The lowest BCUT2D eigenvalue weighted by Gasteiger charge is -2.26. The molecular weight excluding hydrogens is 249 g/mol. The Morgan fingerprint density at radius 3 is 2.67 bits per heavy atom. The molecule has 0 aliphatic carbocycles. The predicted molar refractivity (Wildman–Crippen MR) is 72.8 cm³/mol. The van der Waals surface area contributed by atoms with Gasteiger partial charge in [-0.15, -0.1) is 0 Å². The minimum atomic E-state index is -0.174. The highest BCUT2D eigenvalue weighted by Gasteiger charge is 2.19. The Hall–Kier alpha value is -1.54. The Morgan fingerprint density at radius 1 is 1.11 bits per heavy atom. The number of nitrogens with one attached hydrogen (secondary N) is 1. The predicted octanol–water partition coefficient (Wildman–Crippen LogP) is 4.23. The molecule has 3 rings (SSSR count). The zero-order valence-electron chi connectivity index (χ0n) is 9.79. The van der Waals surface area contributed by atoms with E-state index in [4.69, 9.17) is 11.6 Å². The van der Waals surface area contributed by atoms with Crippen molar-refractivity contribution in [3.63, 3.8) is 0 Å². The Bertz CT molecular complexity index is 565. The summed E-state index contributed by atoms with van der Waals surface area (Å²) in [6.45, 7) is 0.875. The number of anilines is 1. The summed E-state index contributed by atoms with van der Waals surface area (Å²) in [5, 5.41) is 4.10. The number of halogens is 2. The molecule has 1 aliphatic heterocycles. The van der Waals surface area contributed by atoms with E-state index in [1.165, 1.54) is 11.6 Å². The monoisotopic (exact) mass is 261 g/mol. The van der Waals surface area contributed by atoms with Gasteiger partial charge in [-0.3, -0.25) is 0 Å². The van der Waals surface area contributed by atoms with Crippen LogP contribution >= 0.6 is 11.6 Å². The first kappa shape index (κ1) is 11.5. The van der Waals surface area contributed by atoms with Gasteiger partial charge in [0.15, 0.2) is 0 Å². The zero-order chi connectivity index (χ0) is 12.5. The molecule has 0 aromatic heterocycles. The molecule has 1 atom stereocenters. The van der Waals surface area contributed by atoms with Crippen LogP contribution in [0.15, 0.2) is 42.5 Å². The van der Waals surface area contributed by atoms with Gasteiger partial charge in [0, 0.05) is 23.2 Å². The molecule has 1 nitrogen and oxygen atoms in total. The molecule has 2 aromatic carbocycles. The molecule has 92 valence electrons. The van der Waals surface area contributed by atoms with E-state index in [1.54, 1.807) is 6.07 Å². The number of hydrogen-bond donors (Lipinski definition) is 1. The Morgan fingerprint density at radius 2 is 1.89 bits per heavy atom. The van der Waals surface area contributed by atoms with Crippen molar-refractivity contribution in [1.82, 2.24) is 0 Å². The van der Waals surface area contributed by atoms with Crippen molar-refractivity contribution in [2.45, 2.75) is 12.3 Å². The third kappa shape index (κ3) is 2.21. The molecule has 1 unspecified atom stereocenters. The Balaban J connectivity index is 1.88. The minimum absolute atomic E-state index is 0.174. The molecule has 0 bridgehead atoms. The first-order chi connectivity index (χ1) is 8.72. The fourth-order valence-corrected chi connectivity index (χ4v) is 2.57. The number of rotatable bonds is 1. The maximum atomic E-state index is 13.2. The average Bonchev–Trinajstić information content (AvgIpc) is 2.38. The third-order valence-electron chi connectivity index (χ3n) is 3.41. The zero-order valence-corrected chi connectivity index (χ0v) is 10.5. The first-order valence-electron chi connectivity index (χ1n) is 6.00. The second kappa shape index (κ2) is 4.62. The highest BCUT2D eigenvalue weighted by atomic mass is 35.5. The van der Waals surface area contributed by atoms with Gasteiger partial charge in [-0.1, -0.05) is 23.7 Å². The van der Waals surface area contributed by atoms with Gasteiger partial charge < -0.3 is 5.32 Å². The Labute approximate surface area is 111 Å². The summed E-state index contributed by atoms with van der Waals surface area (Å²) in [5.41, 5.74) is 3.32. The van der Waals surface area contributed by atoms with Crippen LogP contribution in [0.5, 0.6) is 0 Å². The summed E-state index contributed by atoms with van der Waals surface area (Å²) in [4.78, 5) is 0. The van der Waals surface area contributed by atoms with Gasteiger partial charge in [-0.2, -0.15) is 0 Å². The average molecular weight is 262 g/mol. The molecule has 3 heteroatoms. The second-order valence-electron chi connectivity index (χ2n) is 4.63. The van der Waals surface area contributed by atoms with Crippen molar-refractivity contribution >= 4 is 17.3 Å². The highest BCUT2D eigenvalue weighted by molar-refractivity contribution is 6.30. The molecule has 18 heavy (non-hydrogen) atoms. The van der Waals surface area contributed by atoms with Crippen molar-refractivity contribution in [1.29, 1.82) is 0 Å². The maximum Gasteiger partial charge on any atom is 0.123 e. The van der Waals surface area contributed by atoms with Gasteiger partial charge in [0.25, 0.3) is 0 Å². The topological polar surface area (TPSA) is 12.0 Å². The van der Waals surface area contributed by atoms with Gasteiger partial charge in [0.2, 0.25) is 0 Å². The SMILES string of the molecule is Fc1ccc2c(c1)CC(c1ccc(Cl)cc1)CN2. The third-order valence-corrected chi connectivity index (χ3v) is 3.67. The van der Waals surface area contributed by atoms with E-state index >= 15 is 0 Å². The van der Waals surface area contributed by atoms with Crippen molar-refractivity contribution in [3.05, 3.63) is 64.4 Å². The van der Waals surface area contributed by atoms with Gasteiger partial charge in [-0.05, 0) is 47.9 Å². The summed E-state index contributed by atoms with van der Waals surface area (Å²) in [5.74, 6) is 0.198. The van der Waals surface area contributed by atoms with Gasteiger partial charge >= 0.3 is 0 Å². The second-order valence-corrected chi connectivity index (χ2v) is 5.07. The minimum Gasteiger partial charge on any atom is -0.384 e. The van der Waals surface area contributed by atoms with Crippen LogP contribution < -0.4 is 5.32 Å². The van der Waals surface area contributed by atoms with Crippen molar-refractivity contribution in [2.75, 3.05) is 11.9 Å². The molecule has 0 spiro atoms. The van der Waals surface area contributed by atoms with E-state index in [9.17, 15) is 4.39 Å². The van der Waals surface area contributed by atoms with Crippen LogP contribution in [-0.2, 0) is 6.42 Å². The van der Waals surface area contributed by atoms with E-state index in [0.717, 1.165) is 29.2 Å². The highest BCUT2D eigenvalue weighted by Crippen LogP contribution is 2.31. The number of hydrogen-bond acceptors (Lipinski definition) is 1. The van der Waals surface area contributed by atoms with Crippen LogP contribution in [0.25, 0.3) is 0 Å². The molecule has 1 N–H and O–H groups in total. The number of fused-ring (bicyclic) bond motifs is 1. The van der Waals surface area contributed by atoms with Crippen molar-refractivity contribution < 1.29 is 4.39 Å². The summed E-state index contributed by atoms with van der Waals surface area (Å²) in [6, 6.07) is 12.8. The van der Waals surface area contributed by atoms with Crippen LogP contribution in [0, 0.1) is 5.82 Å². The molecular formula is C15H13ClFN. The van der Waals surface area contributed by atoms with Gasteiger partial charge in [0.1, 0.15) is 5.82 Å². The van der Waals surface area contributed by atoms with Crippen molar-refractivity contribution in [2.24, 2.45) is 0 Å². The van der Waals surface area contributed by atoms with E-state index < -0.39 is 0 Å². The normalized spacial score (nSPS) is 18.0. The maximum absolute atomic E-state index is 13.2. The fraction of sp³-hybridized carbons (Fsp3) is 0.200. The van der Waals surface area contributed by atoms with Crippen LogP contribution in [0.3, 0.4) is 0 Å². The standard InChI is InChI=1S/C15H13ClFN/c16-13-3-1-10(2-4-13)12-7-11-8-14(17)5-6-15(11)18-9-12/h1-6,8,12,18H,7,9H2. The molecule has 1 heterocycles. The van der Waals surface area contributed by atoms with Gasteiger partial charge in [0.05, 0.1) is 0 Å². The van der Waals surface area contributed by atoms with E-state index in [-0.39, 0.29) is 5.82 Å². The van der Waals surface area contributed by atoms with E-state index in [0.29, 0.717) is 5.92 Å². The van der Waals surface area contributed by atoms with Crippen molar-refractivity contribution in [3.8, 4) is 0 Å². The molecule has 0 saturated carbocycles. The van der Waals surface area contributed by atoms with E-state index in [1.807, 2.05) is 30.3 Å². The van der Waals surface area contributed by atoms with E-state index in [2.05, 4.69) is 5.32 Å². The molecule has 0 saturated heterocycles. The lowest BCUT2D eigenvalue weighted by molar-refractivity contribution is 0.618. The van der Waals surface area contributed by atoms with Crippen LogP contribution in [-0.4, -0.2) is 6.54 Å². The summed E-state index contributed by atoms with van der Waals surface area (Å²) < 4.78 is 13.2. The first-order valence-corrected chi connectivity index (χ1v) is 6.38. The molecule has 2 aromatic rings. The Kier molecular flexibility index (Phi) is 2.96. The molecule has 1 aliphatic rings. The summed E-state index contributed by atoms with van der Waals surface area (Å²) in [6.07, 6.45) is 0.863. The molecule has 0 fully saturated rings. The van der Waals surface area contributed by atoms with Crippen LogP contribution in [0.1, 0.15) is 17.0 Å². The molecule has 0 amide bonds. The lowest BCUT2D eigenvalue weighted by atomic mass is 9.88. The lowest BCUT2D eigenvalue weighted by Crippen LogP contribution is -2.21. The van der Waals surface area contributed by atoms with Crippen LogP contribution in [0.2, 0.25) is 5.02 Å². The molecule has 0 radical (unpaired) electrons. The summed E-state index contributed by atoms with van der Waals surface area (Å²) in [7, 11) is 0. The number of benzene rings is 2.